The predicted molar refractivity (Wildman–Crippen MR) is 81.5 cm³/mol. The number of hydrogen-bond acceptors (Lipinski definition) is 3. The van der Waals surface area contributed by atoms with Crippen LogP contribution in [-0.2, 0) is 16.3 Å². The average molecular weight is 322 g/mol. The highest BCUT2D eigenvalue weighted by atomic mass is 35.5. The molecular weight excluding hydrogens is 301 g/mol. The summed E-state index contributed by atoms with van der Waals surface area (Å²) in [5.41, 5.74) is 0.344. The van der Waals surface area contributed by atoms with Crippen LogP contribution in [0.5, 0.6) is 0 Å². The van der Waals surface area contributed by atoms with Crippen molar-refractivity contribution in [1.82, 2.24) is 5.32 Å². The van der Waals surface area contributed by atoms with Crippen molar-refractivity contribution in [1.29, 1.82) is 0 Å². The molecule has 0 aliphatic rings. The van der Waals surface area contributed by atoms with Crippen molar-refractivity contribution in [3.05, 3.63) is 34.6 Å². The second-order valence-electron chi connectivity index (χ2n) is 5.39. The summed E-state index contributed by atoms with van der Waals surface area (Å²) >= 11 is 6.02. The predicted octanol–water partition coefficient (Wildman–Crippen LogP) is 2.82. The maximum atomic E-state index is 13.9. The summed E-state index contributed by atoms with van der Waals surface area (Å²) in [4.78, 5) is 0. The van der Waals surface area contributed by atoms with E-state index in [1.165, 1.54) is 18.4 Å². The minimum atomic E-state index is -3.30. The zero-order valence-electron chi connectivity index (χ0n) is 12.2. The van der Waals surface area contributed by atoms with E-state index in [0.717, 1.165) is 0 Å². The Morgan fingerprint density at radius 1 is 1.40 bits per heavy atom. The Balaban J connectivity index is 3.17. The number of rotatable bonds is 6. The summed E-state index contributed by atoms with van der Waals surface area (Å²) in [5, 5.41) is 3.44. The van der Waals surface area contributed by atoms with Crippen molar-refractivity contribution in [2.45, 2.75) is 38.0 Å². The molecule has 0 aliphatic heterocycles. The van der Waals surface area contributed by atoms with Crippen LogP contribution in [0.25, 0.3) is 0 Å². The minimum absolute atomic E-state index is 0.222. The number of nitrogens with one attached hydrogen (secondary N) is 1. The molecule has 0 amide bonds. The molecule has 0 aliphatic carbocycles. The zero-order valence-corrected chi connectivity index (χ0v) is 13.8. The van der Waals surface area contributed by atoms with E-state index >= 15 is 0 Å². The van der Waals surface area contributed by atoms with E-state index < -0.39 is 26.4 Å². The maximum absolute atomic E-state index is 13.9. The van der Waals surface area contributed by atoms with Crippen molar-refractivity contribution < 1.29 is 12.8 Å². The van der Waals surface area contributed by atoms with Gasteiger partial charge in [-0.2, -0.15) is 0 Å². The third kappa shape index (κ3) is 3.71. The molecule has 1 rings (SSSR count). The molecule has 1 unspecified atom stereocenters. The van der Waals surface area contributed by atoms with E-state index in [0.29, 0.717) is 17.1 Å². The van der Waals surface area contributed by atoms with Gasteiger partial charge in [0.1, 0.15) is 5.82 Å². The summed E-state index contributed by atoms with van der Waals surface area (Å²) in [7, 11) is -3.30. The smallest absolute Gasteiger partial charge is 0.154 e. The summed E-state index contributed by atoms with van der Waals surface area (Å²) in [5.74, 6) is -0.412. The quantitative estimate of drug-likeness (QED) is 0.876. The van der Waals surface area contributed by atoms with Gasteiger partial charge in [-0.05, 0) is 38.9 Å². The minimum Gasteiger partial charge on any atom is -0.312 e. The van der Waals surface area contributed by atoms with Crippen LogP contribution in [0.2, 0.25) is 5.02 Å². The van der Waals surface area contributed by atoms with Crippen LogP contribution in [0, 0.1) is 5.82 Å². The fourth-order valence-electron chi connectivity index (χ4n) is 2.00. The van der Waals surface area contributed by atoms with Crippen LogP contribution in [0.3, 0.4) is 0 Å². The van der Waals surface area contributed by atoms with Crippen LogP contribution >= 0.6 is 11.6 Å². The van der Waals surface area contributed by atoms with Crippen LogP contribution in [0.1, 0.15) is 26.3 Å². The molecule has 0 radical (unpaired) electrons. The third-order valence-corrected chi connectivity index (χ3v) is 6.27. The average Bonchev–Trinajstić information content (AvgIpc) is 2.31. The summed E-state index contributed by atoms with van der Waals surface area (Å²) in [6, 6.07) is 4.05. The topological polar surface area (TPSA) is 46.2 Å². The summed E-state index contributed by atoms with van der Waals surface area (Å²) in [6.07, 6.45) is 1.42. The summed E-state index contributed by atoms with van der Waals surface area (Å²) in [6.45, 7) is 5.76. The van der Waals surface area contributed by atoms with E-state index in [4.69, 9.17) is 11.6 Å². The molecule has 1 N–H and O–H groups in total. The molecule has 6 heteroatoms. The first-order valence-corrected chi connectivity index (χ1v) is 8.74. The second-order valence-corrected chi connectivity index (χ2v) is 8.39. The number of likely N-dealkylation sites (N-methyl/N-ethyl adjacent to an activating group) is 1. The lowest BCUT2D eigenvalue weighted by molar-refractivity contribution is 0.408. The van der Waals surface area contributed by atoms with E-state index in [2.05, 4.69) is 5.32 Å². The Morgan fingerprint density at radius 2 is 2.00 bits per heavy atom. The lowest BCUT2D eigenvalue weighted by atomic mass is 9.95. The van der Waals surface area contributed by atoms with Crippen LogP contribution < -0.4 is 5.32 Å². The molecule has 0 fully saturated rings. The highest BCUT2D eigenvalue weighted by molar-refractivity contribution is 7.92. The lowest BCUT2D eigenvalue weighted by Crippen LogP contribution is -2.52. The lowest BCUT2D eigenvalue weighted by Gasteiger charge is -2.33. The Kier molecular flexibility index (Phi) is 5.58. The zero-order chi connectivity index (χ0) is 15.6. The van der Waals surface area contributed by atoms with Crippen LogP contribution in [0.15, 0.2) is 18.2 Å². The molecule has 0 spiro atoms. The van der Waals surface area contributed by atoms with Crippen molar-refractivity contribution in [2.24, 2.45) is 0 Å². The maximum Gasteiger partial charge on any atom is 0.154 e. The largest absolute Gasteiger partial charge is 0.312 e. The van der Waals surface area contributed by atoms with Gasteiger partial charge in [-0.3, -0.25) is 0 Å². The first-order valence-electron chi connectivity index (χ1n) is 6.47. The Morgan fingerprint density at radius 3 is 2.45 bits per heavy atom. The number of halogens is 2. The first kappa shape index (κ1) is 17.4. The highest BCUT2D eigenvalue weighted by Crippen LogP contribution is 2.27. The van der Waals surface area contributed by atoms with Crippen LogP contribution in [0.4, 0.5) is 4.39 Å². The molecule has 1 atom stereocenters. The van der Waals surface area contributed by atoms with Gasteiger partial charge in [-0.25, -0.2) is 12.8 Å². The number of sulfone groups is 1. The van der Waals surface area contributed by atoms with Crippen LogP contribution in [-0.4, -0.2) is 32.0 Å². The van der Waals surface area contributed by atoms with E-state index in [-0.39, 0.29) is 6.42 Å². The van der Waals surface area contributed by atoms with Gasteiger partial charge >= 0.3 is 0 Å². The van der Waals surface area contributed by atoms with Crippen molar-refractivity contribution >= 4 is 21.4 Å². The van der Waals surface area contributed by atoms with Crippen molar-refractivity contribution in [3.63, 3.8) is 0 Å². The summed E-state index contributed by atoms with van der Waals surface area (Å²) < 4.78 is 36.8. The molecule has 0 bridgehead atoms. The van der Waals surface area contributed by atoms with Gasteiger partial charge in [-0.15, -0.1) is 0 Å². The van der Waals surface area contributed by atoms with Gasteiger partial charge in [0, 0.05) is 22.9 Å². The molecule has 3 nitrogen and oxygen atoms in total. The van der Waals surface area contributed by atoms with E-state index in [9.17, 15) is 12.8 Å². The normalized spacial score (nSPS) is 14.3. The third-order valence-electron chi connectivity index (χ3n) is 3.72. The van der Waals surface area contributed by atoms with Gasteiger partial charge in [0.2, 0.25) is 0 Å². The molecule has 1 aromatic rings. The fourth-order valence-corrected chi connectivity index (χ4v) is 2.92. The molecular formula is C14H21ClFNO2S. The Labute approximate surface area is 125 Å². The number of benzene rings is 1. The van der Waals surface area contributed by atoms with Gasteiger partial charge in [-0.1, -0.05) is 24.6 Å². The standard InChI is InChI=1S/C14H21ClFNO2S/c1-5-17-13(14(2,3)20(4,18)19)9-10-11(15)7-6-8-12(10)16/h6-8,13,17H,5,9H2,1-4H3. The van der Waals surface area contributed by atoms with Gasteiger partial charge < -0.3 is 5.32 Å². The van der Waals surface area contributed by atoms with E-state index in [1.807, 2.05) is 6.92 Å². The van der Waals surface area contributed by atoms with Crippen molar-refractivity contribution in [3.8, 4) is 0 Å². The molecule has 0 heterocycles. The van der Waals surface area contributed by atoms with Crippen molar-refractivity contribution in [2.75, 3.05) is 12.8 Å². The highest BCUT2D eigenvalue weighted by Gasteiger charge is 2.39. The number of hydrogen-bond donors (Lipinski definition) is 1. The van der Waals surface area contributed by atoms with Gasteiger partial charge in [0.25, 0.3) is 0 Å². The monoisotopic (exact) mass is 321 g/mol. The Hall–Kier alpha value is -0.650. The molecule has 1 aromatic carbocycles. The first-order chi connectivity index (χ1) is 9.11. The molecule has 0 saturated heterocycles. The van der Waals surface area contributed by atoms with Gasteiger partial charge in [0.05, 0.1) is 4.75 Å². The van der Waals surface area contributed by atoms with Gasteiger partial charge in [0.15, 0.2) is 9.84 Å². The Bertz CT molecular complexity index is 552. The molecule has 0 saturated carbocycles. The SMILES string of the molecule is CCNC(Cc1c(F)cccc1Cl)C(C)(C)S(C)(=O)=O. The molecule has 20 heavy (non-hydrogen) atoms. The van der Waals surface area contributed by atoms with E-state index in [1.54, 1.807) is 19.9 Å². The molecule has 114 valence electrons. The second kappa shape index (κ2) is 6.41. The fraction of sp³-hybridized carbons (Fsp3) is 0.571. The molecule has 0 aromatic heterocycles.